The number of benzene rings is 1. The maximum atomic E-state index is 5.59. The van der Waals surface area contributed by atoms with Crippen molar-refractivity contribution in [1.82, 2.24) is 0 Å². The molecule has 0 fully saturated rings. The quantitative estimate of drug-likeness (QED) is 0.331. The molecule has 0 aliphatic rings. The van der Waals surface area contributed by atoms with Crippen LogP contribution >= 0.6 is 0 Å². The van der Waals surface area contributed by atoms with Gasteiger partial charge < -0.3 is 0 Å². The van der Waals surface area contributed by atoms with E-state index in [4.69, 9.17) is 6.42 Å². The molecular formula is C28H38. The molecule has 0 amide bonds. The molecule has 1 rings (SSSR count). The van der Waals surface area contributed by atoms with Crippen LogP contribution < -0.4 is 0 Å². The molecule has 0 saturated heterocycles. The number of terminal acetylenes is 2. The molecule has 0 spiro atoms. The molecule has 0 heteroatoms. The summed E-state index contributed by atoms with van der Waals surface area (Å²) >= 11 is 0. The monoisotopic (exact) mass is 374 g/mol. The number of rotatable bonds is 7. The summed E-state index contributed by atoms with van der Waals surface area (Å²) < 4.78 is 0. The van der Waals surface area contributed by atoms with E-state index in [0.717, 1.165) is 24.8 Å². The van der Waals surface area contributed by atoms with Gasteiger partial charge in [0.2, 0.25) is 0 Å². The van der Waals surface area contributed by atoms with Crippen molar-refractivity contribution >= 4 is 11.1 Å². The standard InChI is InChI=1S/C24H30.C2H6.C2H2/c1-8-11-24(19(5)10-3)23-16-14-22(15-17-23)21(7)13-12-20(6)18(4)9-2;2*1-2/h3,12-17H,4,8-9,11H2,1-2,5-7H3;1-2H3;1-2H/b20-12+,21-13+,24-19-;;. The molecule has 0 radical (unpaired) electrons. The molecule has 1 aromatic rings. The Bertz CT molecular complexity index is 737. The molecule has 0 unspecified atom stereocenters. The molecule has 0 nitrogen and oxygen atoms in total. The van der Waals surface area contributed by atoms with Crippen LogP contribution in [0.15, 0.2) is 59.7 Å². The van der Waals surface area contributed by atoms with Crippen molar-refractivity contribution in [2.24, 2.45) is 0 Å². The summed E-state index contributed by atoms with van der Waals surface area (Å²) in [5.74, 6) is 2.79. The lowest BCUT2D eigenvalue weighted by molar-refractivity contribution is 0.969. The minimum Gasteiger partial charge on any atom is -0.124 e. The van der Waals surface area contributed by atoms with Gasteiger partial charge in [0.05, 0.1) is 0 Å². The van der Waals surface area contributed by atoms with Crippen molar-refractivity contribution < 1.29 is 0 Å². The van der Waals surface area contributed by atoms with Crippen molar-refractivity contribution in [2.75, 3.05) is 0 Å². The van der Waals surface area contributed by atoms with E-state index in [2.05, 4.69) is 89.5 Å². The maximum Gasteiger partial charge on any atom is 0.00245 e. The molecule has 0 bridgehead atoms. The van der Waals surface area contributed by atoms with Gasteiger partial charge in [0, 0.05) is 5.57 Å². The zero-order chi connectivity index (χ0) is 22.1. The molecule has 28 heavy (non-hydrogen) atoms. The van der Waals surface area contributed by atoms with Gasteiger partial charge in [-0.15, -0.1) is 19.3 Å². The lowest BCUT2D eigenvalue weighted by Gasteiger charge is -2.10. The Morgan fingerprint density at radius 2 is 1.46 bits per heavy atom. The molecule has 0 saturated carbocycles. The van der Waals surface area contributed by atoms with Gasteiger partial charge in [-0.25, -0.2) is 0 Å². The first-order chi connectivity index (χ1) is 13.4. The van der Waals surface area contributed by atoms with Crippen LogP contribution in [0.5, 0.6) is 0 Å². The average molecular weight is 375 g/mol. The molecule has 0 atom stereocenters. The Morgan fingerprint density at radius 3 is 1.89 bits per heavy atom. The zero-order valence-corrected chi connectivity index (χ0v) is 19.0. The fourth-order valence-electron chi connectivity index (χ4n) is 2.56. The fourth-order valence-corrected chi connectivity index (χ4v) is 2.56. The molecule has 1 aromatic carbocycles. The van der Waals surface area contributed by atoms with Crippen molar-refractivity contribution in [3.8, 4) is 25.2 Å². The largest absolute Gasteiger partial charge is 0.124 e. The molecule has 0 N–H and O–H groups in total. The molecular weight excluding hydrogens is 336 g/mol. The van der Waals surface area contributed by atoms with E-state index in [1.165, 1.54) is 33.4 Å². The summed E-state index contributed by atoms with van der Waals surface area (Å²) in [6.45, 7) is 18.7. The van der Waals surface area contributed by atoms with E-state index in [1.54, 1.807) is 0 Å². The summed E-state index contributed by atoms with van der Waals surface area (Å²) in [5.41, 5.74) is 8.46. The lowest BCUT2D eigenvalue weighted by atomic mass is 9.95. The van der Waals surface area contributed by atoms with Gasteiger partial charge in [0.1, 0.15) is 0 Å². The first-order valence-electron chi connectivity index (χ1n) is 10.1. The van der Waals surface area contributed by atoms with Gasteiger partial charge in [-0.05, 0) is 61.5 Å². The summed E-state index contributed by atoms with van der Waals surface area (Å²) in [6.07, 6.45) is 21.0. The second kappa shape index (κ2) is 16.5. The first kappa shape index (κ1) is 27.5. The minimum atomic E-state index is 0.991. The summed E-state index contributed by atoms with van der Waals surface area (Å²) in [5, 5.41) is 0. The van der Waals surface area contributed by atoms with Gasteiger partial charge in [-0.2, -0.15) is 0 Å². The smallest absolute Gasteiger partial charge is 0.00245 e. The van der Waals surface area contributed by atoms with Crippen LogP contribution in [0.4, 0.5) is 0 Å². The Morgan fingerprint density at radius 1 is 0.964 bits per heavy atom. The molecule has 0 aliphatic carbocycles. The highest BCUT2D eigenvalue weighted by molar-refractivity contribution is 5.74. The highest BCUT2D eigenvalue weighted by Gasteiger charge is 2.05. The Labute approximate surface area is 175 Å². The van der Waals surface area contributed by atoms with E-state index in [9.17, 15) is 0 Å². The first-order valence-corrected chi connectivity index (χ1v) is 10.1. The molecule has 0 aromatic heterocycles. The van der Waals surface area contributed by atoms with Gasteiger partial charge in [-0.3, -0.25) is 0 Å². The van der Waals surface area contributed by atoms with Crippen LogP contribution in [0.1, 0.15) is 78.9 Å². The summed E-state index contributed by atoms with van der Waals surface area (Å²) in [6, 6.07) is 8.72. The third kappa shape index (κ3) is 9.30. The third-order valence-corrected chi connectivity index (χ3v) is 4.43. The topological polar surface area (TPSA) is 0 Å². The van der Waals surface area contributed by atoms with E-state index in [0.29, 0.717) is 0 Å². The zero-order valence-electron chi connectivity index (χ0n) is 19.0. The number of hydrogen-bond acceptors (Lipinski definition) is 0. The van der Waals surface area contributed by atoms with Crippen molar-refractivity contribution in [2.45, 2.75) is 67.7 Å². The predicted octanol–water partition coefficient (Wildman–Crippen LogP) is 8.48. The van der Waals surface area contributed by atoms with Gasteiger partial charge >= 0.3 is 0 Å². The normalized spacial score (nSPS) is 11.7. The van der Waals surface area contributed by atoms with E-state index in [1.807, 2.05) is 20.8 Å². The summed E-state index contributed by atoms with van der Waals surface area (Å²) in [4.78, 5) is 0. The Kier molecular flexibility index (Phi) is 16.2. The summed E-state index contributed by atoms with van der Waals surface area (Å²) in [7, 11) is 0. The van der Waals surface area contributed by atoms with Crippen LogP contribution in [-0.2, 0) is 0 Å². The van der Waals surface area contributed by atoms with Gasteiger partial charge in [0.15, 0.2) is 0 Å². The van der Waals surface area contributed by atoms with Crippen LogP contribution in [0.25, 0.3) is 11.1 Å². The SMILES string of the molecule is C#C.C#C/C(C)=C(/CCC)c1ccc(/C(C)=C/C=C(\C)C(=C)CC)cc1.CC. The highest BCUT2D eigenvalue weighted by atomic mass is 14.1. The van der Waals surface area contributed by atoms with Crippen LogP contribution in [0.2, 0.25) is 0 Å². The minimum absolute atomic E-state index is 0.991. The second-order valence-electron chi connectivity index (χ2n) is 6.23. The molecule has 150 valence electrons. The van der Waals surface area contributed by atoms with Gasteiger partial charge in [0.25, 0.3) is 0 Å². The second-order valence-corrected chi connectivity index (χ2v) is 6.23. The average Bonchev–Trinajstić information content (AvgIpc) is 2.77. The van der Waals surface area contributed by atoms with E-state index < -0.39 is 0 Å². The van der Waals surface area contributed by atoms with Gasteiger partial charge in [-0.1, -0.05) is 88.6 Å². The van der Waals surface area contributed by atoms with Crippen molar-refractivity contribution in [3.63, 3.8) is 0 Å². The number of allylic oxidation sites excluding steroid dienone is 7. The number of hydrogen-bond donors (Lipinski definition) is 0. The van der Waals surface area contributed by atoms with E-state index in [-0.39, 0.29) is 0 Å². The van der Waals surface area contributed by atoms with Crippen LogP contribution in [-0.4, -0.2) is 0 Å². The Balaban J connectivity index is 0. The van der Waals surface area contributed by atoms with Crippen molar-refractivity contribution in [1.29, 1.82) is 0 Å². The predicted molar refractivity (Wildman–Crippen MR) is 131 cm³/mol. The lowest BCUT2D eigenvalue weighted by Crippen LogP contribution is -1.90. The fraction of sp³-hybridized carbons (Fsp3) is 0.357. The highest BCUT2D eigenvalue weighted by Crippen LogP contribution is 2.25. The molecule has 0 heterocycles. The van der Waals surface area contributed by atoms with E-state index >= 15 is 0 Å². The van der Waals surface area contributed by atoms with Crippen LogP contribution in [0, 0.1) is 25.2 Å². The molecule has 0 aliphatic heterocycles. The van der Waals surface area contributed by atoms with Crippen molar-refractivity contribution in [3.05, 3.63) is 70.8 Å². The Hall–Kier alpha value is -2.70. The maximum absolute atomic E-state index is 5.59. The third-order valence-electron chi connectivity index (χ3n) is 4.43. The van der Waals surface area contributed by atoms with Crippen LogP contribution in [0.3, 0.4) is 0 Å².